The largest absolute Gasteiger partial charge is 0.316 e. The van der Waals surface area contributed by atoms with Crippen LogP contribution in [0.3, 0.4) is 0 Å². The minimum Gasteiger partial charge on any atom is -0.316 e. The zero-order chi connectivity index (χ0) is 12.8. The molecule has 1 rings (SSSR count). The van der Waals surface area contributed by atoms with Crippen molar-refractivity contribution < 1.29 is 9.18 Å². The summed E-state index contributed by atoms with van der Waals surface area (Å²) in [6.07, 6.45) is 0.151. The third-order valence-electron chi connectivity index (χ3n) is 2.62. The number of hydrogen-bond donors (Lipinski definition) is 1. The zero-order valence-corrected chi connectivity index (χ0v) is 11.7. The number of rotatable bonds is 6. The molecule has 0 aliphatic heterocycles. The van der Waals surface area contributed by atoms with E-state index in [9.17, 15) is 9.18 Å². The molecule has 94 valence electrons. The van der Waals surface area contributed by atoms with E-state index in [4.69, 9.17) is 0 Å². The Hall–Kier alpha value is -0.740. The molecular formula is C13H17BrFNO. The smallest absolute Gasteiger partial charge is 0.141 e. The van der Waals surface area contributed by atoms with E-state index in [0.29, 0.717) is 12.1 Å². The lowest BCUT2D eigenvalue weighted by Crippen LogP contribution is -2.27. The Morgan fingerprint density at radius 3 is 2.88 bits per heavy atom. The van der Waals surface area contributed by atoms with E-state index in [2.05, 4.69) is 21.2 Å². The topological polar surface area (TPSA) is 29.1 Å². The zero-order valence-electron chi connectivity index (χ0n) is 10.1. The maximum atomic E-state index is 13.5. The van der Waals surface area contributed by atoms with Gasteiger partial charge in [0.25, 0.3) is 0 Å². The summed E-state index contributed by atoms with van der Waals surface area (Å²) < 4.78 is 14.2. The normalized spacial score (nSPS) is 12.5. The molecule has 0 saturated heterocycles. The summed E-state index contributed by atoms with van der Waals surface area (Å²) in [6, 6.07) is 4.67. The Labute approximate surface area is 110 Å². The third kappa shape index (κ3) is 4.56. The molecule has 0 saturated carbocycles. The number of halogens is 2. The van der Waals surface area contributed by atoms with Crippen LogP contribution in [0.2, 0.25) is 0 Å². The van der Waals surface area contributed by atoms with Crippen LogP contribution in [-0.4, -0.2) is 18.9 Å². The molecule has 1 atom stereocenters. The van der Waals surface area contributed by atoms with Gasteiger partial charge in [-0.25, -0.2) is 4.39 Å². The second-order valence-electron chi connectivity index (χ2n) is 4.09. The highest BCUT2D eigenvalue weighted by Gasteiger charge is 2.15. The Bertz CT molecular complexity index is 395. The van der Waals surface area contributed by atoms with Crippen LogP contribution in [0.5, 0.6) is 0 Å². The first-order valence-electron chi connectivity index (χ1n) is 5.72. The lowest BCUT2D eigenvalue weighted by atomic mass is 9.99. The van der Waals surface area contributed by atoms with Gasteiger partial charge in [0.15, 0.2) is 0 Å². The van der Waals surface area contributed by atoms with E-state index in [1.807, 2.05) is 13.8 Å². The van der Waals surface area contributed by atoms with Gasteiger partial charge in [-0.1, -0.05) is 29.8 Å². The van der Waals surface area contributed by atoms with Crippen molar-refractivity contribution in [3.63, 3.8) is 0 Å². The molecule has 0 aliphatic carbocycles. The third-order valence-corrected chi connectivity index (χ3v) is 3.12. The van der Waals surface area contributed by atoms with Crippen molar-refractivity contribution in [1.29, 1.82) is 0 Å². The van der Waals surface area contributed by atoms with Gasteiger partial charge in [0.2, 0.25) is 0 Å². The van der Waals surface area contributed by atoms with Crippen molar-refractivity contribution in [2.75, 3.05) is 13.1 Å². The van der Waals surface area contributed by atoms with Gasteiger partial charge in [-0.15, -0.1) is 0 Å². The second kappa shape index (κ2) is 6.87. The SMILES string of the molecule is CCNCC(C)C(=O)Cc1cc(Br)ccc1F. The molecule has 1 aromatic carbocycles. The molecule has 17 heavy (non-hydrogen) atoms. The summed E-state index contributed by atoms with van der Waals surface area (Å²) in [5.74, 6) is -0.353. The van der Waals surface area contributed by atoms with E-state index in [1.54, 1.807) is 12.1 Å². The number of hydrogen-bond acceptors (Lipinski definition) is 2. The standard InChI is InChI=1S/C13H17BrFNO/c1-3-16-8-9(2)13(17)7-10-6-11(14)4-5-12(10)15/h4-6,9,16H,3,7-8H2,1-2H3. The summed E-state index contributed by atoms with van der Waals surface area (Å²) in [6.45, 7) is 5.33. The van der Waals surface area contributed by atoms with Crippen molar-refractivity contribution in [2.24, 2.45) is 5.92 Å². The Kier molecular flexibility index (Phi) is 5.78. The van der Waals surface area contributed by atoms with Crippen LogP contribution in [-0.2, 0) is 11.2 Å². The van der Waals surface area contributed by atoms with Gasteiger partial charge in [-0.2, -0.15) is 0 Å². The van der Waals surface area contributed by atoms with Gasteiger partial charge < -0.3 is 5.32 Å². The van der Waals surface area contributed by atoms with Gasteiger partial charge in [0, 0.05) is 23.4 Å². The average molecular weight is 302 g/mol. The molecule has 1 unspecified atom stereocenters. The van der Waals surface area contributed by atoms with Gasteiger partial charge in [-0.05, 0) is 30.3 Å². The van der Waals surface area contributed by atoms with Gasteiger partial charge in [-0.3, -0.25) is 4.79 Å². The molecule has 0 bridgehead atoms. The first-order chi connectivity index (χ1) is 8.04. The molecule has 0 amide bonds. The molecule has 0 radical (unpaired) electrons. The number of carbonyl (C=O) groups is 1. The summed E-state index contributed by atoms with van der Waals surface area (Å²) in [7, 11) is 0. The van der Waals surface area contributed by atoms with Gasteiger partial charge in [0.1, 0.15) is 11.6 Å². The van der Waals surface area contributed by atoms with Crippen LogP contribution in [0, 0.1) is 11.7 Å². The summed E-state index contributed by atoms with van der Waals surface area (Å²) in [5.41, 5.74) is 0.452. The van der Waals surface area contributed by atoms with Crippen LogP contribution in [0.4, 0.5) is 4.39 Å². The van der Waals surface area contributed by atoms with E-state index < -0.39 is 0 Å². The fraction of sp³-hybridized carbons (Fsp3) is 0.462. The Balaban J connectivity index is 2.64. The van der Waals surface area contributed by atoms with E-state index >= 15 is 0 Å². The van der Waals surface area contributed by atoms with Crippen molar-refractivity contribution in [3.05, 3.63) is 34.1 Å². The van der Waals surface area contributed by atoms with Crippen molar-refractivity contribution in [2.45, 2.75) is 20.3 Å². The number of ketones is 1. The number of carbonyl (C=O) groups excluding carboxylic acids is 1. The van der Waals surface area contributed by atoms with Crippen molar-refractivity contribution >= 4 is 21.7 Å². The maximum Gasteiger partial charge on any atom is 0.141 e. The Morgan fingerprint density at radius 2 is 2.24 bits per heavy atom. The van der Waals surface area contributed by atoms with Crippen LogP contribution in [0.1, 0.15) is 19.4 Å². The highest BCUT2D eigenvalue weighted by Crippen LogP contribution is 2.17. The number of benzene rings is 1. The molecule has 0 aromatic heterocycles. The molecule has 0 heterocycles. The molecule has 4 heteroatoms. The summed E-state index contributed by atoms with van der Waals surface area (Å²) in [5, 5.41) is 3.12. The van der Waals surface area contributed by atoms with Crippen LogP contribution >= 0.6 is 15.9 Å². The highest BCUT2D eigenvalue weighted by molar-refractivity contribution is 9.10. The fourth-order valence-electron chi connectivity index (χ4n) is 1.52. The Morgan fingerprint density at radius 1 is 1.53 bits per heavy atom. The van der Waals surface area contributed by atoms with Gasteiger partial charge in [0.05, 0.1) is 0 Å². The summed E-state index contributed by atoms with van der Waals surface area (Å²) >= 11 is 3.27. The molecule has 0 aliphatic rings. The van der Waals surface area contributed by atoms with Gasteiger partial charge >= 0.3 is 0 Å². The van der Waals surface area contributed by atoms with Crippen molar-refractivity contribution in [3.8, 4) is 0 Å². The van der Waals surface area contributed by atoms with E-state index in [-0.39, 0.29) is 23.9 Å². The molecule has 0 spiro atoms. The number of nitrogens with one attached hydrogen (secondary N) is 1. The minimum absolute atomic E-state index is 0.0583. The molecule has 1 aromatic rings. The predicted octanol–water partition coefficient (Wildman–Crippen LogP) is 2.95. The molecule has 0 fully saturated rings. The fourth-order valence-corrected chi connectivity index (χ4v) is 1.92. The summed E-state index contributed by atoms with van der Waals surface area (Å²) in [4.78, 5) is 11.9. The molecule has 1 N–H and O–H groups in total. The maximum absolute atomic E-state index is 13.5. The predicted molar refractivity (Wildman–Crippen MR) is 70.5 cm³/mol. The van der Waals surface area contributed by atoms with Crippen LogP contribution < -0.4 is 5.32 Å². The minimum atomic E-state index is -0.322. The number of Topliss-reactive ketones (excluding diaryl/α,β-unsaturated/α-hetero) is 1. The first-order valence-corrected chi connectivity index (χ1v) is 6.51. The first kappa shape index (κ1) is 14.3. The quantitative estimate of drug-likeness (QED) is 0.875. The average Bonchev–Trinajstić information content (AvgIpc) is 2.30. The van der Waals surface area contributed by atoms with Crippen molar-refractivity contribution in [1.82, 2.24) is 5.32 Å². The van der Waals surface area contributed by atoms with E-state index in [1.165, 1.54) is 6.07 Å². The lowest BCUT2D eigenvalue weighted by Gasteiger charge is -2.11. The highest BCUT2D eigenvalue weighted by atomic mass is 79.9. The van der Waals surface area contributed by atoms with Crippen LogP contribution in [0.15, 0.2) is 22.7 Å². The lowest BCUT2D eigenvalue weighted by molar-refractivity contribution is -0.121. The molecule has 2 nitrogen and oxygen atoms in total. The second-order valence-corrected chi connectivity index (χ2v) is 5.00. The molecular weight excluding hydrogens is 285 g/mol. The van der Waals surface area contributed by atoms with Crippen LogP contribution in [0.25, 0.3) is 0 Å². The monoisotopic (exact) mass is 301 g/mol. The van der Waals surface area contributed by atoms with E-state index in [0.717, 1.165) is 11.0 Å².